The van der Waals surface area contributed by atoms with Gasteiger partial charge in [-0.3, -0.25) is 0 Å². The summed E-state index contributed by atoms with van der Waals surface area (Å²) in [6, 6.07) is 5.74. The molecule has 3 aromatic rings. The van der Waals surface area contributed by atoms with E-state index in [1.807, 2.05) is 29.8 Å². The van der Waals surface area contributed by atoms with Crippen LogP contribution in [0.25, 0.3) is 22.2 Å². The molecule has 0 aromatic carbocycles. The van der Waals surface area contributed by atoms with Gasteiger partial charge in [0, 0.05) is 12.4 Å². The van der Waals surface area contributed by atoms with Crippen LogP contribution in [0.2, 0.25) is 5.15 Å². The standard InChI is InChI=1S/C13H11ClN4O/c1-18-10(9-3-4-16-17-13(9)19-2)5-8-6-12(14)15-7-11(8)18/h3-7H,1-2H3. The number of fused-ring (bicyclic) bond motifs is 1. The zero-order valence-corrected chi connectivity index (χ0v) is 11.2. The molecule has 3 heterocycles. The summed E-state index contributed by atoms with van der Waals surface area (Å²) in [4.78, 5) is 4.10. The van der Waals surface area contributed by atoms with Gasteiger partial charge in [-0.25, -0.2) is 4.98 Å². The Kier molecular flexibility index (Phi) is 2.83. The van der Waals surface area contributed by atoms with Crippen molar-refractivity contribution in [1.29, 1.82) is 0 Å². The Labute approximate surface area is 114 Å². The first kappa shape index (κ1) is 11.9. The highest BCUT2D eigenvalue weighted by atomic mass is 35.5. The van der Waals surface area contributed by atoms with E-state index in [2.05, 4.69) is 15.2 Å². The molecule has 0 saturated heterocycles. The average Bonchev–Trinajstić information content (AvgIpc) is 2.75. The fraction of sp³-hybridized carbons (Fsp3) is 0.154. The molecule has 3 aromatic heterocycles. The third-order valence-corrected chi connectivity index (χ3v) is 3.26. The Hall–Kier alpha value is -2.14. The Morgan fingerprint density at radius 3 is 2.95 bits per heavy atom. The van der Waals surface area contributed by atoms with Crippen LogP contribution in [0.4, 0.5) is 0 Å². The minimum absolute atomic E-state index is 0.476. The second-order valence-electron chi connectivity index (χ2n) is 4.11. The first-order valence-electron chi connectivity index (χ1n) is 5.67. The highest BCUT2D eigenvalue weighted by molar-refractivity contribution is 6.30. The Balaban J connectivity index is 2.28. The molecule has 0 aliphatic heterocycles. The molecule has 0 N–H and O–H groups in total. The molecule has 19 heavy (non-hydrogen) atoms. The first-order valence-corrected chi connectivity index (χ1v) is 6.05. The van der Waals surface area contributed by atoms with E-state index in [1.165, 1.54) is 0 Å². The van der Waals surface area contributed by atoms with Crippen molar-refractivity contribution in [1.82, 2.24) is 19.7 Å². The molecule has 5 nitrogen and oxygen atoms in total. The lowest BCUT2D eigenvalue weighted by molar-refractivity contribution is 0.393. The predicted molar refractivity (Wildman–Crippen MR) is 73.3 cm³/mol. The molecule has 0 bridgehead atoms. The number of aromatic nitrogens is 4. The highest BCUT2D eigenvalue weighted by Gasteiger charge is 2.13. The number of halogens is 1. The summed E-state index contributed by atoms with van der Waals surface area (Å²) < 4.78 is 7.27. The zero-order valence-electron chi connectivity index (χ0n) is 10.5. The molecule has 3 rings (SSSR count). The van der Waals surface area contributed by atoms with Crippen molar-refractivity contribution in [2.45, 2.75) is 0 Å². The van der Waals surface area contributed by atoms with Crippen LogP contribution in [-0.4, -0.2) is 26.9 Å². The van der Waals surface area contributed by atoms with Gasteiger partial charge < -0.3 is 9.30 Å². The van der Waals surface area contributed by atoms with Crippen molar-refractivity contribution in [3.63, 3.8) is 0 Å². The monoisotopic (exact) mass is 274 g/mol. The van der Waals surface area contributed by atoms with Crippen molar-refractivity contribution in [3.05, 3.63) is 35.7 Å². The van der Waals surface area contributed by atoms with E-state index in [1.54, 1.807) is 19.5 Å². The minimum Gasteiger partial charge on any atom is -0.479 e. The number of nitrogens with zero attached hydrogens (tertiary/aromatic N) is 4. The van der Waals surface area contributed by atoms with Crippen LogP contribution < -0.4 is 4.74 Å². The fourth-order valence-corrected chi connectivity index (χ4v) is 2.30. The normalized spacial score (nSPS) is 10.9. The summed E-state index contributed by atoms with van der Waals surface area (Å²) in [7, 11) is 3.54. The van der Waals surface area contributed by atoms with Gasteiger partial charge in [0.25, 0.3) is 0 Å². The molecule has 0 aliphatic rings. The molecule has 0 amide bonds. The van der Waals surface area contributed by atoms with Gasteiger partial charge in [0.2, 0.25) is 5.88 Å². The van der Waals surface area contributed by atoms with E-state index in [0.717, 1.165) is 22.2 Å². The molecule has 0 spiro atoms. The van der Waals surface area contributed by atoms with Crippen molar-refractivity contribution >= 4 is 22.5 Å². The van der Waals surface area contributed by atoms with Crippen LogP contribution in [0, 0.1) is 0 Å². The van der Waals surface area contributed by atoms with Crippen LogP contribution in [0.5, 0.6) is 5.88 Å². The minimum atomic E-state index is 0.476. The van der Waals surface area contributed by atoms with Gasteiger partial charge in [-0.1, -0.05) is 11.6 Å². The maximum atomic E-state index is 5.92. The quantitative estimate of drug-likeness (QED) is 0.674. The third kappa shape index (κ3) is 1.92. The number of pyridine rings is 1. The summed E-state index contributed by atoms with van der Waals surface area (Å²) in [5.74, 6) is 0.493. The topological polar surface area (TPSA) is 52.8 Å². The van der Waals surface area contributed by atoms with Gasteiger partial charge >= 0.3 is 0 Å². The average molecular weight is 275 g/mol. The van der Waals surface area contributed by atoms with Gasteiger partial charge in [0.05, 0.1) is 36.3 Å². The highest BCUT2D eigenvalue weighted by Crippen LogP contribution is 2.31. The largest absolute Gasteiger partial charge is 0.479 e. The van der Waals surface area contributed by atoms with Gasteiger partial charge in [-0.2, -0.15) is 5.10 Å². The number of methoxy groups -OCH3 is 1. The molecular weight excluding hydrogens is 264 g/mol. The van der Waals surface area contributed by atoms with Crippen LogP contribution in [-0.2, 0) is 7.05 Å². The summed E-state index contributed by atoms with van der Waals surface area (Å²) in [5.41, 5.74) is 2.86. The second-order valence-corrected chi connectivity index (χ2v) is 4.50. The van der Waals surface area contributed by atoms with Crippen molar-refractivity contribution in [2.24, 2.45) is 7.05 Å². The molecule has 6 heteroatoms. The smallest absolute Gasteiger partial charge is 0.242 e. The molecule has 0 aliphatic carbocycles. The van der Waals surface area contributed by atoms with Crippen LogP contribution in [0.1, 0.15) is 0 Å². The van der Waals surface area contributed by atoms with E-state index in [4.69, 9.17) is 16.3 Å². The summed E-state index contributed by atoms with van der Waals surface area (Å²) in [5, 5.41) is 9.30. The number of hydrogen-bond acceptors (Lipinski definition) is 4. The molecular formula is C13H11ClN4O. The summed E-state index contributed by atoms with van der Waals surface area (Å²) in [6.07, 6.45) is 3.39. The molecule has 96 valence electrons. The second kappa shape index (κ2) is 4.51. The molecule has 0 atom stereocenters. The number of ether oxygens (including phenoxy) is 1. The van der Waals surface area contributed by atoms with Gasteiger partial charge in [0.1, 0.15) is 5.15 Å². The maximum Gasteiger partial charge on any atom is 0.242 e. The van der Waals surface area contributed by atoms with Crippen LogP contribution in [0.15, 0.2) is 30.6 Å². The Morgan fingerprint density at radius 1 is 1.32 bits per heavy atom. The van der Waals surface area contributed by atoms with Crippen LogP contribution in [0.3, 0.4) is 0 Å². The van der Waals surface area contributed by atoms with Crippen molar-refractivity contribution in [3.8, 4) is 17.1 Å². The predicted octanol–water partition coefficient (Wildman–Crippen LogP) is 2.69. The first-order chi connectivity index (χ1) is 9.20. The zero-order chi connectivity index (χ0) is 13.4. The van der Waals surface area contributed by atoms with Gasteiger partial charge in [-0.15, -0.1) is 5.10 Å². The molecule has 0 fully saturated rings. The van der Waals surface area contributed by atoms with E-state index in [9.17, 15) is 0 Å². The van der Waals surface area contributed by atoms with E-state index >= 15 is 0 Å². The number of rotatable bonds is 2. The Morgan fingerprint density at radius 2 is 2.16 bits per heavy atom. The Bertz CT molecular complexity index is 753. The lowest BCUT2D eigenvalue weighted by Crippen LogP contribution is -1.97. The number of aryl methyl sites for hydroxylation is 1. The third-order valence-electron chi connectivity index (χ3n) is 3.05. The molecule has 0 radical (unpaired) electrons. The summed E-state index contributed by atoms with van der Waals surface area (Å²) >= 11 is 5.92. The van der Waals surface area contributed by atoms with E-state index in [-0.39, 0.29) is 0 Å². The lowest BCUT2D eigenvalue weighted by atomic mass is 10.2. The van der Waals surface area contributed by atoms with Gasteiger partial charge in [0.15, 0.2) is 0 Å². The lowest BCUT2D eigenvalue weighted by Gasteiger charge is -2.07. The van der Waals surface area contributed by atoms with Crippen molar-refractivity contribution < 1.29 is 4.74 Å². The molecule has 0 saturated carbocycles. The molecule has 0 unspecified atom stereocenters. The van der Waals surface area contributed by atoms with E-state index in [0.29, 0.717) is 11.0 Å². The van der Waals surface area contributed by atoms with Gasteiger partial charge in [-0.05, 0) is 18.2 Å². The van der Waals surface area contributed by atoms with E-state index < -0.39 is 0 Å². The SMILES string of the molecule is COc1nnccc1-c1cc2cc(Cl)ncc2n1C. The maximum absolute atomic E-state index is 5.92. The fourth-order valence-electron chi connectivity index (χ4n) is 2.13. The summed E-state index contributed by atoms with van der Waals surface area (Å²) in [6.45, 7) is 0. The number of hydrogen-bond donors (Lipinski definition) is 0. The van der Waals surface area contributed by atoms with Crippen LogP contribution >= 0.6 is 11.6 Å². The van der Waals surface area contributed by atoms with Crippen molar-refractivity contribution in [2.75, 3.05) is 7.11 Å².